The van der Waals surface area contributed by atoms with Crippen molar-refractivity contribution in [2.45, 2.75) is 26.0 Å². The molecule has 0 aliphatic heterocycles. The van der Waals surface area contributed by atoms with Gasteiger partial charge in [0.2, 0.25) is 5.75 Å². The summed E-state index contributed by atoms with van der Waals surface area (Å²) in [7, 11) is 4.75. The number of ether oxygens (including phenoxy) is 3. The van der Waals surface area contributed by atoms with Gasteiger partial charge >= 0.3 is 0 Å². The average Bonchev–Trinajstić information content (AvgIpc) is 2.75. The van der Waals surface area contributed by atoms with Crippen LogP contribution in [0.5, 0.6) is 17.2 Å². The van der Waals surface area contributed by atoms with Crippen LogP contribution in [0.2, 0.25) is 0 Å². The summed E-state index contributed by atoms with van der Waals surface area (Å²) in [4.78, 5) is 4.60. The lowest BCUT2D eigenvalue weighted by Gasteiger charge is -2.16. The maximum atomic E-state index is 10.3. The number of hydrogen-bond acceptors (Lipinski definition) is 5. The second-order valence-corrected chi connectivity index (χ2v) is 6.45. The van der Waals surface area contributed by atoms with E-state index in [4.69, 9.17) is 14.2 Å². The Morgan fingerprint density at radius 2 is 1.62 bits per heavy atom. The SMILES string of the molecule is CCNC(=NCc1cc(OC)c(OC)c(OC)c1)NCC(O)Cc1ccccc1. The van der Waals surface area contributed by atoms with Crippen LogP contribution in [0, 0.1) is 0 Å². The number of rotatable bonds is 10. The van der Waals surface area contributed by atoms with Crippen molar-refractivity contribution in [3.05, 3.63) is 53.6 Å². The van der Waals surface area contributed by atoms with E-state index in [1.807, 2.05) is 49.4 Å². The largest absolute Gasteiger partial charge is 0.493 e. The summed E-state index contributed by atoms with van der Waals surface area (Å²) in [5.74, 6) is 2.37. The molecular formula is C22H31N3O4. The van der Waals surface area contributed by atoms with E-state index in [0.29, 0.717) is 42.7 Å². The molecule has 0 amide bonds. The Morgan fingerprint density at radius 3 is 2.17 bits per heavy atom. The van der Waals surface area contributed by atoms with E-state index in [2.05, 4.69) is 15.6 Å². The molecule has 3 N–H and O–H groups in total. The van der Waals surface area contributed by atoms with Crippen LogP contribution in [0.4, 0.5) is 0 Å². The topological polar surface area (TPSA) is 84.3 Å². The van der Waals surface area contributed by atoms with Crippen molar-refractivity contribution >= 4 is 5.96 Å². The number of nitrogens with zero attached hydrogens (tertiary/aromatic N) is 1. The van der Waals surface area contributed by atoms with Gasteiger partial charge in [-0.2, -0.15) is 0 Å². The number of benzene rings is 2. The summed E-state index contributed by atoms with van der Waals surface area (Å²) in [5.41, 5.74) is 2.02. The molecule has 2 rings (SSSR count). The normalized spacial score (nSPS) is 12.2. The summed E-state index contributed by atoms with van der Waals surface area (Å²) >= 11 is 0. The first-order chi connectivity index (χ1) is 14.1. The molecule has 158 valence electrons. The molecular weight excluding hydrogens is 370 g/mol. The monoisotopic (exact) mass is 401 g/mol. The smallest absolute Gasteiger partial charge is 0.203 e. The highest BCUT2D eigenvalue weighted by Crippen LogP contribution is 2.38. The minimum Gasteiger partial charge on any atom is -0.493 e. The van der Waals surface area contributed by atoms with Gasteiger partial charge in [-0.15, -0.1) is 0 Å². The maximum absolute atomic E-state index is 10.3. The van der Waals surface area contributed by atoms with Gasteiger partial charge < -0.3 is 30.0 Å². The molecule has 2 aromatic carbocycles. The van der Waals surface area contributed by atoms with Gasteiger partial charge in [-0.3, -0.25) is 0 Å². The molecule has 0 radical (unpaired) electrons. The van der Waals surface area contributed by atoms with Crippen LogP contribution in [0.25, 0.3) is 0 Å². The fourth-order valence-electron chi connectivity index (χ4n) is 2.91. The second-order valence-electron chi connectivity index (χ2n) is 6.45. The van der Waals surface area contributed by atoms with Crippen molar-refractivity contribution < 1.29 is 19.3 Å². The Morgan fingerprint density at radius 1 is 0.966 bits per heavy atom. The number of guanidine groups is 1. The summed E-state index contributed by atoms with van der Waals surface area (Å²) < 4.78 is 16.1. The third kappa shape index (κ3) is 6.87. The molecule has 0 aromatic heterocycles. The van der Waals surface area contributed by atoms with Gasteiger partial charge in [-0.05, 0) is 30.2 Å². The van der Waals surface area contributed by atoms with Crippen LogP contribution in [0.1, 0.15) is 18.1 Å². The molecule has 0 fully saturated rings. The van der Waals surface area contributed by atoms with E-state index in [1.165, 1.54) is 0 Å². The summed E-state index contributed by atoms with van der Waals surface area (Å²) in [5, 5.41) is 16.7. The van der Waals surface area contributed by atoms with Gasteiger partial charge in [0.05, 0.1) is 34.0 Å². The number of aliphatic imine (C=N–C) groups is 1. The Kier molecular flexibility index (Phi) is 9.11. The zero-order chi connectivity index (χ0) is 21.1. The van der Waals surface area contributed by atoms with Crippen LogP contribution < -0.4 is 24.8 Å². The Labute approximate surface area is 172 Å². The van der Waals surface area contributed by atoms with Crippen molar-refractivity contribution in [1.29, 1.82) is 0 Å². The molecule has 7 nitrogen and oxygen atoms in total. The minimum absolute atomic E-state index is 0.399. The molecule has 0 aliphatic rings. The maximum Gasteiger partial charge on any atom is 0.203 e. The lowest BCUT2D eigenvalue weighted by molar-refractivity contribution is 0.177. The molecule has 0 saturated carbocycles. The van der Waals surface area contributed by atoms with Gasteiger partial charge in [0, 0.05) is 19.5 Å². The fraction of sp³-hybridized carbons (Fsp3) is 0.409. The van der Waals surface area contributed by atoms with Crippen LogP contribution in [-0.2, 0) is 13.0 Å². The first kappa shape index (κ1) is 22.4. The Hall–Kier alpha value is -2.93. The predicted octanol–water partition coefficient (Wildman–Crippen LogP) is 2.37. The quantitative estimate of drug-likeness (QED) is 0.419. The average molecular weight is 402 g/mol. The lowest BCUT2D eigenvalue weighted by atomic mass is 10.1. The van der Waals surface area contributed by atoms with E-state index in [-0.39, 0.29) is 0 Å². The zero-order valence-electron chi connectivity index (χ0n) is 17.6. The van der Waals surface area contributed by atoms with Crippen molar-refractivity contribution in [3.8, 4) is 17.2 Å². The third-order valence-corrected chi connectivity index (χ3v) is 4.31. The molecule has 1 unspecified atom stereocenters. The number of hydrogen-bond donors (Lipinski definition) is 3. The van der Waals surface area contributed by atoms with E-state index in [9.17, 15) is 5.11 Å². The van der Waals surface area contributed by atoms with Crippen molar-refractivity contribution in [2.75, 3.05) is 34.4 Å². The molecule has 7 heteroatoms. The number of aliphatic hydroxyl groups is 1. The summed E-state index contributed by atoms with van der Waals surface area (Å²) in [6, 6.07) is 13.7. The second kappa shape index (κ2) is 11.8. The highest BCUT2D eigenvalue weighted by molar-refractivity contribution is 5.79. The highest BCUT2D eigenvalue weighted by atomic mass is 16.5. The molecule has 0 spiro atoms. The molecule has 0 heterocycles. The lowest BCUT2D eigenvalue weighted by Crippen LogP contribution is -2.41. The van der Waals surface area contributed by atoms with E-state index in [1.54, 1.807) is 21.3 Å². The van der Waals surface area contributed by atoms with Crippen molar-refractivity contribution in [1.82, 2.24) is 10.6 Å². The third-order valence-electron chi connectivity index (χ3n) is 4.31. The molecule has 0 aliphatic carbocycles. The fourth-order valence-corrected chi connectivity index (χ4v) is 2.91. The number of nitrogens with one attached hydrogen (secondary N) is 2. The van der Waals surface area contributed by atoms with Gasteiger partial charge in [0.1, 0.15) is 0 Å². The van der Waals surface area contributed by atoms with E-state index < -0.39 is 6.10 Å². The molecule has 1 atom stereocenters. The van der Waals surface area contributed by atoms with Gasteiger partial charge in [0.25, 0.3) is 0 Å². The van der Waals surface area contributed by atoms with Crippen molar-refractivity contribution in [2.24, 2.45) is 4.99 Å². The Balaban J connectivity index is 2.03. The standard InChI is InChI=1S/C22H31N3O4/c1-5-23-22(25-15-18(26)11-16-9-7-6-8-10-16)24-14-17-12-19(27-2)21(29-4)20(13-17)28-3/h6-10,12-13,18,26H,5,11,14-15H2,1-4H3,(H2,23,24,25). The number of aliphatic hydroxyl groups excluding tert-OH is 1. The van der Waals surface area contributed by atoms with Gasteiger partial charge in [-0.1, -0.05) is 30.3 Å². The predicted molar refractivity (Wildman–Crippen MR) is 115 cm³/mol. The number of methoxy groups -OCH3 is 3. The first-order valence-corrected chi connectivity index (χ1v) is 9.64. The molecule has 2 aromatic rings. The minimum atomic E-state index is -0.512. The van der Waals surface area contributed by atoms with Crippen LogP contribution in [-0.4, -0.2) is 51.6 Å². The Bertz CT molecular complexity index is 756. The van der Waals surface area contributed by atoms with Crippen LogP contribution in [0.15, 0.2) is 47.5 Å². The van der Waals surface area contributed by atoms with Gasteiger partial charge in [0.15, 0.2) is 17.5 Å². The molecule has 0 saturated heterocycles. The summed E-state index contributed by atoms with van der Waals surface area (Å²) in [6.45, 7) is 3.53. The zero-order valence-corrected chi connectivity index (χ0v) is 17.6. The van der Waals surface area contributed by atoms with Crippen LogP contribution >= 0.6 is 0 Å². The first-order valence-electron chi connectivity index (χ1n) is 9.64. The van der Waals surface area contributed by atoms with E-state index >= 15 is 0 Å². The van der Waals surface area contributed by atoms with E-state index in [0.717, 1.165) is 17.7 Å². The van der Waals surface area contributed by atoms with Gasteiger partial charge in [-0.25, -0.2) is 4.99 Å². The highest BCUT2D eigenvalue weighted by Gasteiger charge is 2.13. The molecule has 29 heavy (non-hydrogen) atoms. The molecule has 0 bridgehead atoms. The van der Waals surface area contributed by atoms with Crippen molar-refractivity contribution in [3.63, 3.8) is 0 Å². The van der Waals surface area contributed by atoms with Crippen LogP contribution in [0.3, 0.4) is 0 Å². The summed E-state index contributed by atoms with van der Waals surface area (Å²) in [6.07, 6.45) is 0.0718.